The van der Waals surface area contributed by atoms with Crippen LogP contribution >= 0.6 is 0 Å². The number of benzene rings is 1. The molecule has 0 saturated heterocycles. The molecular formula is C17H19NO4. The molecule has 0 radical (unpaired) electrons. The second kappa shape index (κ2) is 6.32. The first kappa shape index (κ1) is 14.8. The van der Waals surface area contributed by atoms with Crippen molar-refractivity contribution in [2.24, 2.45) is 0 Å². The van der Waals surface area contributed by atoms with Gasteiger partial charge < -0.3 is 14.2 Å². The Morgan fingerprint density at radius 1 is 1.36 bits per heavy atom. The van der Waals surface area contributed by atoms with Crippen molar-refractivity contribution in [2.45, 2.75) is 25.7 Å². The number of fused-ring (bicyclic) bond motifs is 1. The molecule has 0 spiro atoms. The Hall–Kier alpha value is -2.14. The van der Waals surface area contributed by atoms with Crippen molar-refractivity contribution >= 4 is 16.9 Å². The highest BCUT2D eigenvalue weighted by molar-refractivity contribution is 5.96. The molecule has 5 heteroatoms. The summed E-state index contributed by atoms with van der Waals surface area (Å²) in [6.45, 7) is 2.33. The summed E-state index contributed by atoms with van der Waals surface area (Å²) in [5.41, 5.74) is 2.34. The predicted molar refractivity (Wildman–Crippen MR) is 82.2 cm³/mol. The summed E-state index contributed by atoms with van der Waals surface area (Å²) < 4.78 is 15.8. The minimum Gasteiger partial charge on any atom is -0.466 e. The Balaban J connectivity index is 2.03. The number of hydrogen-bond donors (Lipinski definition) is 0. The third-order valence-electron chi connectivity index (χ3n) is 3.70. The van der Waals surface area contributed by atoms with Crippen LogP contribution in [0.3, 0.4) is 0 Å². The fourth-order valence-electron chi connectivity index (χ4n) is 2.49. The number of aromatic nitrogens is 1. The third-order valence-corrected chi connectivity index (χ3v) is 3.70. The molecule has 3 rings (SSSR count). The van der Waals surface area contributed by atoms with Gasteiger partial charge in [-0.2, -0.15) is 0 Å². The molecule has 0 bridgehead atoms. The number of pyridine rings is 1. The summed E-state index contributed by atoms with van der Waals surface area (Å²) in [5.74, 6) is 0.995. The van der Waals surface area contributed by atoms with E-state index in [1.165, 1.54) is 0 Å². The number of nitrogens with zero attached hydrogens (tertiary/aromatic N) is 1. The second-order valence-corrected chi connectivity index (χ2v) is 5.32. The van der Waals surface area contributed by atoms with Gasteiger partial charge in [0.1, 0.15) is 5.75 Å². The maximum atomic E-state index is 11.8. The average molecular weight is 301 g/mol. The van der Waals surface area contributed by atoms with E-state index in [0.717, 1.165) is 35.1 Å². The zero-order valence-electron chi connectivity index (χ0n) is 12.8. The van der Waals surface area contributed by atoms with Gasteiger partial charge in [-0.1, -0.05) is 0 Å². The maximum Gasteiger partial charge on any atom is 0.338 e. The van der Waals surface area contributed by atoms with Gasteiger partial charge in [-0.05, 0) is 43.9 Å². The van der Waals surface area contributed by atoms with Crippen LogP contribution < -0.4 is 4.74 Å². The first-order chi connectivity index (χ1) is 10.7. The molecule has 1 aromatic carbocycles. The summed E-state index contributed by atoms with van der Waals surface area (Å²) in [4.78, 5) is 16.3. The third kappa shape index (κ3) is 2.90. The highest BCUT2D eigenvalue weighted by Gasteiger charge is 2.28. The molecule has 0 atom stereocenters. The molecule has 22 heavy (non-hydrogen) atoms. The van der Waals surface area contributed by atoms with Crippen molar-refractivity contribution in [1.82, 2.24) is 4.98 Å². The van der Waals surface area contributed by atoms with Crippen LogP contribution in [0.4, 0.5) is 0 Å². The smallest absolute Gasteiger partial charge is 0.338 e. The number of rotatable bonds is 6. The molecular weight excluding hydrogens is 282 g/mol. The Morgan fingerprint density at radius 2 is 2.18 bits per heavy atom. The maximum absolute atomic E-state index is 11.8. The molecule has 0 aliphatic heterocycles. The molecule has 2 aromatic rings. The van der Waals surface area contributed by atoms with Gasteiger partial charge in [0.2, 0.25) is 0 Å². The van der Waals surface area contributed by atoms with Crippen molar-refractivity contribution in [2.75, 3.05) is 20.5 Å². The van der Waals surface area contributed by atoms with E-state index in [9.17, 15) is 4.79 Å². The van der Waals surface area contributed by atoms with E-state index in [0.29, 0.717) is 18.1 Å². The lowest BCUT2D eigenvalue weighted by Crippen LogP contribution is -2.06. The van der Waals surface area contributed by atoms with Gasteiger partial charge in [-0.25, -0.2) is 4.79 Å². The van der Waals surface area contributed by atoms with Gasteiger partial charge in [0.05, 0.1) is 17.7 Å². The van der Waals surface area contributed by atoms with E-state index in [4.69, 9.17) is 14.2 Å². The molecule has 1 saturated carbocycles. The fraction of sp³-hybridized carbons (Fsp3) is 0.412. The Labute approximate surface area is 129 Å². The highest BCUT2D eigenvalue weighted by Crippen LogP contribution is 2.46. The van der Waals surface area contributed by atoms with Crippen molar-refractivity contribution in [3.8, 4) is 5.75 Å². The van der Waals surface area contributed by atoms with Crippen LogP contribution in [0.25, 0.3) is 10.9 Å². The van der Waals surface area contributed by atoms with E-state index in [2.05, 4.69) is 4.98 Å². The number of carbonyl (C=O) groups is 1. The molecule has 116 valence electrons. The topological polar surface area (TPSA) is 57.7 Å². The summed E-state index contributed by atoms with van der Waals surface area (Å²) in [6.07, 6.45) is 4.18. The lowest BCUT2D eigenvalue weighted by atomic mass is 10.1. The molecule has 5 nitrogen and oxygen atoms in total. The number of carbonyl (C=O) groups excluding carboxylic acids is 1. The minimum absolute atomic E-state index is 0.193. The number of esters is 1. The standard InChI is InChI=1S/C17H19NO4/c1-3-21-17(19)12-6-7-13-15(8-12)18-9-14(11-4-5-11)16(13)22-10-20-2/h6-9,11H,3-5,10H2,1-2H3. The normalized spacial score (nSPS) is 14.1. The number of ether oxygens (including phenoxy) is 3. The summed E-state index contributed by atoms with van der Waals surface area (Å²) in [7, 11) is 1.60. The van der Waals surface area contributed by atoms with Crippen LogP contribution in [0.5, 0.6) is 5.75 Å². The van der Waals surface area contributed by atoms with Crippen LogP contribution in [0.2, 0.25) is 0 Å². The summed E-state index contributed by atoms with van der Waals surface area (Å²) >= 11 is 0. The Bertz CT molecular complexity index is 694. The van der Waals surface area contributed by atoms with Crippen LogP contribution in [-0.2, 0) is 9.47 Å². The molecule has 1 aliphatic carbocycles. The summed E-state index contributed by atoms with van der Waals surface area (Å²) in [5, 5.41) is 0.898. The van der Waals surface area contributed by atoms with Crippen molar-refractivity contribution in [3.63, 3.8) is 0 Å². The van der Waals surface area contributed by atoms with Gasteiger partial charge in [0.25, 0.3) is 0 Å². The van der Waals surface area contributed by atoms with Gasteiger partial charge in [0.15, 0.2) is 6.79 Å². The molecule has 1 fully saturated rings. The van der Waals surface area contributed by atoms with Gasteiger partial charge in [0, 0.05) is 24.3 Å². The van der Waals surface area contributed by atoms with Gasteiger partial charge in [-0.3, -0.25) is 4.98 Å². The lowest BCUT2D eigenvalue weighted by molar-refractivity contribution is 0.0512. The van der Waals surface area contributed by atoms with E-state index in [-0.39, 0.29) is 12.8 Å². The van der Waals surface area contributed by atoms with Crippen molar-refractivity contribution in [3.05, 3.63) is 35.5 Å². The van der Waals surface area contributed by atoms with Crippen molar-refractivity contribution in [1.29, 1.82) is 0 Å². The molecule has 1 aromatic heterocycles. The number of methoxy groups -OCH3 is 1. The Morgan fingerprint density at radius 3 is 2.86 bits per heavy atom. The molecule has 1 aliphatic rings. The largest absolute Gasteiger partial charge is 0.466 e. The Kier molecular flexibility index (Phi) is 4.24. The first-order valence-electron chi connectivity index (χ1n) is 7.46. The van der Waals surface area contributed by atoms with Crippen LogP contribution in [-0.4, -0.2) is 31.5 Å². The lowest BCUT2D eigenvalue weighted by Gasteiger charge is -2.13. The van der Waals surface area contributed by atoms with Gasteiger partial charge in [-0.15, -0.1) is 0 Å². The van der Waals surface area contributed by atoms with Crippen molar-refractivity contribution < 1.29 is 19.0 Å². The number of hydrogen-bond acceptors (Lipinski definition) is 5. The van der Waals surface area contributed by atoms with E-state index in [1.807, 2.05) is 12.3 Å². The molecule has 0 N–H and O–H groups in total. The fourth-order valence-corrected chi connectivity index (χ4v) is 2.49. The monoisotopic (exact) mass is 301 g/mol. The second-order valence-electron chi connectivity index (χ2n) is 5.32. The highest BCUT2D eigenvalue weighted by atomic mass is 16.7. The van der Waals surface area contributed by atoms with E-state index >= 15 is 0 Å². The molecule has 0 amide bonds. The predicted octanol–water partition coefficient (Wildman–Crippen LogP) is 3.27. The SMILES string of the molecule is CCOC(=O)c1ccc2c(OCOC)c(C3CC3)cnc2c1. The zero-order valence-corrected chi connectivity index (χ0v) is 12.8. The van der Waals surface area contributed by atoms with Gasteiger partial charge >= 0.3 is 5.97 Å². The van der Waals surface area contributed by atoms with Crippen LogP contribution in [0, 0.1) is 0 Å². The average Bonchev–Trinajstić information content (AvgIpc) is 3.36. The van der Waals surface area contributed by atoms with Crippen LogP contribution in [0.1, 0.15) is 41.6 Å². The first-order valence-corrected chi connectivity index (χ1v) is 7.46. The quantitative estimate of drug-likeness (QED) is 0.605. The van der Waals surface area contributed by atoms with E-state index < -0.39 is 0 Å². The van der Waals surface area contributed by atoms with Crippen LogP contribution in [0.15, 0.2) is 24.4 Å². The molecule has 1 heterocycles. The minimum atomic E-state index is -0.336. The zero-order chi connectivity index (χ0) is 15.5. The van der Waals surface area contributed by atoms with E-state index in [1.54, 1.807) is 26.2 Å². The summed E-state index contributed by atoms with van der Waals surface area (Å²) in [6, 6.07) is 5.35. The molecule has 0 unspecified atom stereocenters.